The second-order valence-corrected chi connectivity index (χ2v) is 3.45. The van der Waals surface area contributed by atoms with Crippen molar-refractivity contribution in [3.05, 3.63) is 34.9 Å². The number of benzene rings is 1. The van der Waals surface area contributed by atoms with E-state index in [1.165, 1.54) is 10.9 Å². The van der Waals surface area contributed by atoms with Gasteiger partial charge in [-0.3, -0.25) is 0 Å². The molecule has 1 nitrogen and oxygen atoms in total. The number of hydrogen-bond donors (Lipinski definition) is 0. The molecule has 0 spiro atoms. The van der Waals surface area contributed by atoms with E-state index in [1.54, 1.807) is 0 Å². The van der Waals surface area contributed by atoms with E-state index in [0.29, 0.717) is 0 Å². The van der Waals surface area contributed by atoms with Crippen molar-refractivity contribution >= 4 is 26.8 Å². The summed E-state index contributed by atoms with van der Waals surface area (Å²) in [4.78, 5) is 0. The van der Waals surface area contributed by atoms with Gasteiger partial charge in [-0.1, -0.05) is 22.0 Å². The number of halogens is 1. The number of aromatic nitrogens is 1. The standard InChI is InChI=1S/C9H7BrN/c1-11-5-4-7-2-3-8(10)6-9(7)11/h2-4,6H,1H3. The Hall–Kier alpha value is -0.760. The largest absolute Gasteiger partial charge is 0.342 e. The molecule has 0 unspecified atom stereocenters. The minimum atomic E-state index is 1.11. The first-order valence-electron chi connectivity index (χ1n) is 3.40. The van der Waals surface area contributed by atoms with Gasteiger partial charge in [-0.15, -0.1) is 0 Å². The highest BCUT2D eigenvalue weighted by Crippen LogP contribution is 2.19. The Morgan fingerprint density at radius 2 is 2.27 bits per heavy atom. The molecule has 1 heterocycles. The first-order valence-corrected chi connectivity index (χ1v) is 4.19. The summed E-state index contributed by atoms with van der Waals surface area (Å²) in [5, 5.41) is 1.23. The normalized spacial score (nSPS) is 10.7. The Morgan fingerprint density at radius 3 is 3.09 bits per heavy atom. The van der Waals surface area contributed by atoms with Crippen molar-refractivity contribution in [1.82, 2.24) is 4.57 Å². The van der Waals surface area contributed by atoms with Crippen LogP contribution in [0.4, 0.5) is 0 Å². The van der Waals surface area contributed by atoms with E-state index in [0.717, 1.165) is 4.47 Å². The molecule has 1 aromatic carbocycles. The van der Waals surface area contributed by atoms with E-state index in [4.69, 9.17) is 0 Å². The predicted molar refractivity (Wildman–Crippen MR) is 49.5 cm³/mol. The smallest absolute Gasteiger partial charge is 0.0656 e. The lowest BCUT2D eigenvalue weighted by atomic mass is 10.2. The van der Waals surface area contributed by atoms with Crippen molar-refractivity contribution in [2.24, 2.45) is 7.05 Å². The molecule has 2 aromatic rings. The van der Waals surface area contributed by atoms with Gasteiger partial charge in [-0.25, -0.2) is 0 Å². The molecule has 0 aliphatic heterocycles. The summed E-state index contributed by atoms with van der Waals surface area (Å²) in [6.45, 7) is 0. The summed E-state index contributed by atoms with van der Waals surface area (Å²) < 4.78 is 3.10. The van der Waals surface area contributed by atoms with Gasteiger partial charge in [0.2, 0.25) is 0 Å². The number of hydrogen-bond acceptors (Lipinski definition) is 0. The molecule has 1 aromatic heterocycles. The monoisotopic (exact) mass is 208 g/mol. The Morgan fingerprint density at radius 1 is 1.45 bits per heavy atom. The molecule has 0 amide bonds. The lowest BCUT2D eigenvalue weighted by molar-refractivity contribution is 0.959. The number of nitrogens with zero attached hydrogens (tertiary/aromatic N) is 1. The molecule has 11 heavy (non-hydrogen) atoms. The summed E-state index contributed by atoms with van der Waals surface area (Å²) in [6, 6.07) is 8.19. The summed E-state index contributed by atoms with van der Waals surface area (Å²) in [5.74, 6) is 0. The second kappa shape index (κ2) is 2.38. The fourth-order valence-corrected chi connectivity index (χ4v) is 1.51. The van der Waals surface area contributed by atoms with Gasteiger partial charge in [0.1, 0.15) is 0 Å². The first-order chi connectivity index (χ1) is 5.27. The van der Waals surface area contributed by atoms with Crippen LogP contribution in [0.25, 0.3) is 10.9 Å². The Bertz CT molecular complexity index is 389. The second-order valence-electron chi connectivity index (χ2n) is 2.54. The third kappa shape index (κ3) is 1.07. The molecule has 0 fully saturated rings. The Kier molecular flexibility index (Phi) is 1.50. The minimum absolute atomic E-state index is 1.11. The maximum atomic E-state index is 3.42. The fourth-order valence-electron chi connectivity index (χ4n) is 1.17. The maximum Gasteiger partial charge on any atom is 0.0656 e. The summed E-state index contributed by atoms with van der Waals surface area (Å²) in [7, 11) is 1.99. The van der Waals surface area contributed by atoms with Crippen LogP contribution in [0.1, 0.15) is 0 Å². The van der Waals surface area contributed by atoms with Gasteiger partial charge >= 0.3 is 0 Å². The molecule has 0 aliphatic carbocycles. The zero-order chi connectivity index (χ0) is 7.84. The molecule has 0 aliphatic rings. The van der Waals surface area contributed by atoms with Crippen LogP contribution in [-0.4, -0.2) is 4.57 Å². The van der Waals surface area contributed by atoms with Gasteiger partial charge in [0.15, 0.2) is 0 Å². The van der Waals surface area contributed by atoms with Gasteiger partial charge in [0, 0.05) is 22.4 Å². The van der Waals surface area contributed by atoms with E-state index in [2.05, 4.69) is 34.3 Å². The summed E-state index contributed by atoms with van der Waals surface area (Å²) in [6.07, 6.45) is 3.10. The molecular formula is C9H7BrN. The van der Waals surface area contributed by atoms with Crippen molar-refractivity contribution in [2.45, 2.75) is 0 Å². The fraction of sp³-hybridized carbons (Fsp3) is 0.111. The first kappa shape index (κ1) is 6.92. The molecule has 0 bridgehead atoms. The molecule has 2 rings (SSSR count). The summed E-state index contributed by atoms with van der Waals surface area (Å²) >= 11 is 3.42. The van der Waals surface area contributed by atoms with Crippen molar-refractivity contribution < 1.29 is 0 Å². The molecule has 0 atom stereocenters. The van der Waals surface area contributed by atoms with Crippen LogP contribution in [-0.2, 0) is 7.05 Å². The van der Waals surface area contributed by atoms with Crippen LogP contribution >= 0.6 is 15.9 Å². The molecule has 0 N–H and O–H groups in total. The molecular weight excluding hydrogens is 202 g/mol. The molecule has 55 valence electrons. The number of rotatable bonds is 0. The van der Waals surface area contributed by atoms with Crippen molar-refractivity contribution in [1.29, 1.82) is 0 Å². The topological polar surface area (TPSA) is 4.93 Å². The van der Waals surface area contributed by atoms with Gasteiger partial charge in [-0.2, -0.15) is 0 Å². The van der Waals surface area contributed by atoms with Crippen molar-refractivity contribution in [2.75, 3.05) is 0 Å². The van der Waals surface area contributed by atoms with Gasteiger partial charge in [-0.05, 0) is 18.2 Å². The highest BCUT2D eigenvalue weighted by molar-refractivity contribution is 9.10. The minimum Gasteiger partial charge on any atom is -0.342 e. The quantitative estimate of drug-likeness (QED) is 0.628. The number of aryl methyl sites for hydroxylation is 1. The van der Waals surface area contributed by atoms with E-state index >= 15 is 0 Å². The lowest BCUT2D eigenvalue weighted by Crippen LogP contribution is -1.82. The van der Waals surface area contributed by atoms with Crippen LogP contribution in [0.3, 0.4) is 0 Å². The van der Waals surface area contributed by atoms with Crippen molar-refractivity contribution in [3.63, 3.8) is 0 Å². The van der Waals surface area contributed by atoms with Crippen LogP contribution in [0.2, 0.25) is 0 Å². The van der Waals surface area contributed by atoms with Gasteiger partial charge < -0.3 is 4.57 Å². The van der Waals surface area contributed by atoms with Crippen LogP contribution < -0.4 is 0 Å². The van der Waals surface area contributed by atoms with Crippen LogP contribution in [0.5, 0.6) is 0 Å². The summed E-state index contributed by atoms with van der Waals surface area (Å²) in [5.41, 5.74) is 1.21. The van der Waals surface area contributed by atoms with Crippen molar-refractivity contribution in [3.8, 4) is 0 Å². The third-order valence-electron chi connectivity index (χ3n) is 1.77. The SMILES string of the molecule is Cn1[c]cc2ccc(Br)cc21. The molecule has 1 radical (unpaired) electrons. The maximum absolute atomic E-state index is 3.42. The average molecular weight is 209 g/mol. The van der Waals surface area contributed by atoms with E-state index in [-0.39, 0.29) is 0 Å². The lowest BCUT2D eigenvalue weighted by Gasteiger charge is -1.95. The molecule has 0 saturated carbocycles. The molecule has 0 saturated heterocycles. The van der Waals surface area contributed by atoms with Crippen LogP contribution in [0.15, 0.2) is 28.7 Å². The molecule has 2 heteroatoms. The highest BCUT2D eigenvalue weighted by atomic mass is 79.9. The van der Waals surface area contributed by atoms with E-state index in [9.17, 15) is 0 Å². The van der Waals surface area contributed by atoms with E-state index in [1.807, 2.05) is 23.7 Å². The zero-order valence-electron chi connectivity index (χ0n) is 6.13. The van der Waals surface area contributed by atoms with Crippen LogP contribution in [0, 0.1) is 6.20 Å². The average Bonchev–Trinajstić information content (AvgIpc) is 2.33. The Balaban J connectivity index is 2.87. The highest BCUT2D eigenvalue weighted by Gasteiger charge is 1.96. The third-order valence-corrected chi connectivity index (χ3v) is 2.26. The van der Waals surface area contributed by atoms with Gasteiger partial charge in [0.25, 0.3) is 0 Å². The van der Waals surface area contributed by atoms with Gasteiger partial charge in [0.05, 0.1) is 6.20 Å². The zero-order valence-corrected chi connectivity index (χ0v) is 7.72. The predicted octanol–water partition coefficient (Wildman–Crippen LogP) is 2.74. The van der Waals surface area contributed by atoms with E-state index < -0.39 is 0 Å². The number of fused-ring (bicyclic) bond motifs is 1. The Labute approximate surface area is 73.8 Å².